The van der Waals surface area contributed by atoms with Gasteiger partial charge in [-0.15, -0.1) is 0 Å². The van der Waals surface area contributed by atoms with Crippen LogP contribution in [0.3, 0.4) is 0 Å². The summed E-state index contributed by atoms with van der Waals surface area (Å²) in [5.41, 5.74) is 1.27. The van der Waals surface area contributed by atoms with Crippen LogP contribution in [0.2, 0.25) is 0 Å². The molecular formula is C10H11NO3. The normalized spacial score (nSPS) is 9.07. The molecule has 0 heterocycles. The van der Waals surface area contributed by atoms with Gasteiger partial charge < -0.3 is 9.47 Å². The van der Waals surface area contributed by atoms with E-state index < -0.39 is 0 Å². The maximum absolute atomic E-state index is 10.2. The predicted octanol–water partition coefficient (Wildman–Crippen LogP) is 1.98. The minimum absolute atomic E-state index is 0.380. The maximum Gasteiger partial charge on any atom is 0.240 e. The summed E-state index contributed by atoms with van der Waals surface area (Å²) in [4.78, 5) is 13.8. The number of nitrogens with zero attached hydrogens (tertiary/aromatic N) is 1. The molecule has 0 spiro atoms. The molecule has 0 aliphatic rings. The fourth-order valence-corrected chi connectivity index (χ4v) is 1.23. The van der Waals surface area contributed by atoms with Crippen molar-refractivity contribution in [1.29, 1.82) is 0 Å². The third-order valence-corrected chi connectivity index (χ3v) is 1.87. The molecule has 0 radical (unpaired) electrons. The Morgan fingerprint density at radius 2 is 2.00 bits per heavy atom. The summed E-state index contributed by atoms with van der Waals surface area (Å²) < 4.78 is 10.2. The van der Waals surface area contributed by atoms with Crippen LogP contribution in [0.25, 0.3) is 0 Å². The van der Waals surface area contributed by atoms with E-state index in [-0.39, 0.29) is 0 Å². The van der Waals surface area contributed by atoms with E-state index in [0.29, 0.717) is 17.2 Å². The first-order valence-corrected chi connectivity index (χ1v) is 4.04. The average molecular weight is 193 g/mol. The molecule has 0 aliphatic heterocycles. The van der Waals surface area contributed by atoms with Gasteiger partial charge in [0, 0.05) is 0 Å². The van der Waals surface area contributed by atoms with Crippen LogP contribution in [0.15, 0.2) is 17.1 Å². The van der Waals surface area contributed by atoms with Crippen LogP contribution in [0, 0.1) is 6.92 Å². The summed E-state index contributed by atoms with van der Waals surface area (Å²) in [6.07, 6.45) is 1.48. The number of methoxy groups -OCH3 is 2. The van der Waals surface area contributed by atoms with E-state index in [1.807, 2.05) is 13.0 Å². The number of aryl methyl sites for hydroxylation is 1. The third kappa shape index (κ3) is 1.75. The summed E-state index contributed by atoms with van der Waals surface area (Å²) in [5, 5.41) is 0. The lowest BCUT2D eigenvalue weighted by Gasteiger charge is -2.10. The minimum Gasteiger partial charge on any atom is -0.494 e. The SMILES string of the molecule is COc1ccc(C)c(OC)c1N=C=O. The third-order valence-electron chi connectivity index (χ3n) is 1.87. The fraction of sp³-hybridized carbons (Fsp3) is 0.300. The molecule has 74 valence electrons. The zero-order valence-electron chi connectivity index (χ0n) is 8.33. The van der Waals surface area contributed by atoms with Crippen LogP contribution in [-0.4, -0.2) is 20.3 Å². The van der Waals surface area contributed by atoms with Crippen LogP contribution < -0.4 is 9.47 Å². The number of aliphatic imine (C=N–C) groups is 1. The number of hydrogen-bond acceptors (Lipinski definition) is 4. The largest absolute Gasteiger partial charge is 0.494 e. The molecule has 0 N–H and O–H groups in total. The molecule has 14 heavy (non-hydrogen) atoms. The number of rotatable bonds is 3. The lowest BCUT2D eigenvalue weighted by atomic mass is 10.2. The van der Waals surface area contributed by atoms with Crippen LogP contribution in [0.5, 0.6) is 11.5 Å². The summed E-state index contributed by atoms with van der Waals surface area (Å²) >= 11 is 0. The van der Waals surface area contributed by atoms with Crippen molar-refractivity contribution in [2.24, 2.45) is 4.99 Å². The molecule has 0 saturated carbocycles. The second-order valence-corrected chi connectivity index (χ2v) is 2.67. The highest BCUT2D eigenvalue weighted by Gasteiger charge is 2.11. The Bertz CT molecular complexity index is 381. The summed E-state index contributed by atoms with van der Waals surface area (Å²) in [7, 11) is 3.03. The smallest absolute Gasteiger partial charge is 0.240 e. The van der Waals surface area contributed by atoms with Crippen molar-refractivity contribution in [2.45, 2.75) is 6.92 Å². The van der Waals surface area contributed by atoms with Crippen LogP contribution in [0.4, 0.5) is 5.69 Å². The molecule has 0 atom stereocenters. The van der Waals surface area contributed by atoms with Gasteiger partial charge in [0.15, 0.2) is 11.4 Å². The number of carbonyl (C=O) groups excluding carboxylic acids is 1. The van der Waals surface area contributed by atoms with Gasteiger partial charge in [0.1, 0.15) is 5.75 Å². The van der Waals surface area contributed by atoms with E-state index in [4.69, 9.17) is 9.47 Å². The van der Waals surface area contributed by atoms with E-state index in [2.05, 4.69) is 4.99 Å². The summed E-state index contributed by atoms with van der Waals surface area (Å²) in [5.74, 6) is 1.03. The molecule has 0 unspecified atom stereocenters. The number of hydrogen-bond donors (Lipinski definition) is 0. The highest BCUT2D eigenvalue weighted by Crippen LogP contribution is 2.39. The number of ether oxygens (including phenoxy) is 2. The Hall–Kier alpha value is -1.80. The van der Waals surface area contributed by atoms with Gasteiger partial charge >= 0.3 is 0 Å². The maximum atomic E-state index is 10.2. The lowest BCUT2D eigenvalue weighted by Crippen LogP contribution is -1.91. The Kier molecular flexibility index (Phi) is 3.26. The fourth-order valence-electron chi connectivity index (χ4n) is 1.23. The molecule has 0 aliphatic carbocycles. The van der Waals surface area contributed by atoms with E-state index in [0.717, 1.165) is 5.56 Å². The second-order valence-electron chi connectivity index (χ2n) is 2.67. The highest BCUT2D eigenvalue weighted by molar-refractivity contribution is 5.68. The van der Waals surface area contributed by atoms with Crippen LogP contribution >= 0.6 is 0 Å². The predicted molar refractivity (Wildman–Crippen MR) is 52.1 cm³/mol. The molecule has 0 saturated heterocycles. The van der Waals surface area contributed by atoms with Gasteiger partial charge in [-0.2, -0.15) is 4.99 Å². The second kappa shape index (κ2) is 4.44. The van der Waals surface area contributed by atoms with Gasteiger partial charge in [-0.1, -0.05) is 6.07 Å². The molecule has 0 aromatic heterocycles. The lowest BCUT2D eigenvalue weighted by molar-refractivity contribution is 0.395. The van der Waals surface area contributed by atoms with Crippen molar-refractivity contribution in [3.05, 3.63) is 17.7 Å². The summed E-state index contributed by atoms with van der Waals surface area (Å²) in [6, 6.07) is 3.56. The van der Waals surface area contributed by atoms with Gasteiger partial charge in [-0.05, 0) is 18.6 Å². The Morgan fingerprint density at radius 1 is 1.29 bits per heavy atom. The Labute approximate surface area is 82.2 Å². The average Bonchev–Trinajstić information content (AvgIpc) is 2.19. The molecule has 1 aromatic carbocycles. The zero-order valence-corrected chi connectivity index (χ0v) is 8.33. The van der Waals surface area contributed by atoms with Crippen molar-refractivity contribution in [1.82, 2.24) is 0 Å². The standard InChI is InChI=1S/C10H11NO3/c1-7-4-5-8(13-2)9(11-6-12)10(7)14-3/h4-5H,1-3H3. The topological polar surface area (TPSA) is 47.9 Å². The number of benzene rings is 1. The zero-order chi connectivity index (χ0) is 10.6. The number of isocyanates is 1. The highest BCUT2D eigenvalue weighted by atomic mass is 16.5. The molecule has 0 bridgehead atoms. The molecule has 0 amide bonds. The summed E-state index contributed by atoms with van der Waals surface area (Å²) in [6.45, 7) is 1.86. The molecule has 4 nitrogen and oxygen atoms in total. The molecule has 0 fully saturated rings. The van der Waals surface area contributed by atoms with Gasteiger partial charge in [0.2, 0.25) is 6.08 Å². The molecule has 1 rings (SSSR count). The molecular weight excluding hydrogens is 182 g/mol. The van der Waals surface area contributed by atoms with Crippen molar-refractivity contribution in [3.8, 4) is 11.5 Å². The van der Waals surface area contributed by atoms with E-state index >= 15 is 0 Å². The van der Waals surface area contributed by atoms with Crippen molar-refractivity contribution < 1.29 is 14.3 Å². The Morgan fingerprint density at radius 3 is 2.50 bits per heavy atom. The van der Waals surface area contributed by atoms with Gasteiger partial charge in [0.25, 0.3) is 0 Å². The first-order chi connectivity index (χ1) is 6.74. The minimum atomic E-state index is 0.380. The molecule has 4 heteroatoms. The van der Waals surface area contributed by atoms with E-state index in [1.165, 1.54) is 20.3 Å². The van der Waals surface area contributed by atoms with Gasteiger partial charge in [0.05, 0.1) is 14.2 Å². The van der Waals surface area contributed by atoms with Gasteiger partial charge in [-0.3, -0.25) is 0 Å². The monoisotopic (exact) mass is 193 g/mol. The molecule has 1 aromatic rings. The van der Waals surface area contributed by atoms with Crippen molar-refractivity contribution in [3.63, 3.8) is 0 Å². The van der Waals surface area contributed by atoms with Crippen LogP contribution in [0.1, 0.15) is 5.56 Å². The van der Waals surface area contributed by atoms with Crippen molar-refractivity contribution >= 4 is 11.8 Å². The first kappa shape index (κ1) is 10.3. The van der Waals surface area contributed by atoms with Gasteiger partial charge in [-0.25, -0.2) is 4.79 Å². The van der Waals surface area contributed by atoms with E-state index in [9.17, 15) is 4.79 Å². The van der Waals surface area contributed by atoms with Crippen LogP contribution in [-0.2, 0) is 4.79 Å². The quantitative estimate of drug-likeness (QED) is 0.544. The van der Waals surface area contributed by atoms with Crippen molar-refractivity contribution in [2.75, 3.05) is 14.2 Å². The first-order valence-electron chi connectivity index (χ1n) is 4.04. The van der Waals surface area contributed by atoms with E-state index in [1.54, 1.807) is 6.07 Å². The Balaban J connectivity index is 3.43.